The molecule has 1 amide bonds. The van der Waals surface area contributed by atoms with E-state index in [9.17, 15) is 23.1 Å². The van der Waals surface area contributed by atoms with Crippen molar-refractivity contribution >= 4 is 5.91 Å². The number of rotatable bonds is 6. The molecule has 0 saturated heterocycles. The Hall–Kier alpha value is -1.76. The van der Waals surface area contributed by atoms with Crippen molar-refractivity contribution in [1.29, 1.82) is 0 Å². The number of carbonyl (C=O) groups is 1. The van der Waals surface area contributed by atoms with E-state index in [0.717, 1.165) is 6.07 Å². The highest BCUT2D eigenvalue weighted by Crippen LogP contribution is 2.36. The Balaban J connectivity index is 2.78. The molecule has 2 atom stereocenters. The second kappa shape index (κ2) is 7.88. The Morgan fingerprint density at radius 2 is 1.83 bits per heavy atom. The lowest BCUT2D eigenvalue weighted by Crippen LogP contribution is -2.45. The van der Waals surface area contributed by atoms with Crippen molar-refractivity contribution in [1.82, 2.24) is 5.32 Å². The van der Waals surface area contributed by atoms with Crippen molar-refractivity contribution in [2.45, 2.75) is 52.4 Å². The molecule has 0 bridgehead atoms. The molecule has 0 aromatic heterocycles. The van der Waals surface area contributed by atoms with Gasteiger partial charge in [0.25, 0.3) is 5.91 Å². The van der Waals surface area contributed by atoms with E-state index >= 15 is 0 Å². The van der Waals surface area contributed by atoms with Crippen LogP contribution in [0.2, 0.25) is 0 Å². The highest BCUT2D eigenvalue weighted by atomic mass is 19.4. The van der Waals surface area contributed by atoms with Crippen LogP contribution in [0.1, 0.15) is 39.7 Å². The molecule has 0 radical (unpaired) electrons. The minimum Gasteiger partial charge on any atom is -0.480 e. The van der Waals surface area contributed by atoms with E-state index in [1.807, 2.05) is 20.8 Å². The minimum atomic E-state index is -4.56. The molecular weight excluding hydrogens is 323 g/mol. The summed E-state index contributed by atoms with van der Waals surface area (Å²) in [6, 6.07) is 4.25. The Kier molecular flexibility index (Phi) is 6.66. The molecule has 0 aliphatic rings. The zero-order valence-electron chi connectivity index (χ0n) is 14.3. The summed E-state index contributed by atoms with van der Waals surface area (Å²) in [7, 11) is 0. The van der Waals surface area contributed by atoms with Crippen molar-refractivity contribution in [3.8, 4) is 5.75 Å². The molecule has 0 aliphatic carbocycles. The fourth-order valence-electron chi connectivity index (χ4n) is 2.27. The molecule has 0 spiro atoms. The number of aliphatic hydroxyl groups excluding tert-OH is 1. The van der Waals surface area contributed by atoms with Crippen LogP contribution in [0.5, 0.6) is 5.75 Å². The van der Waals surface area contributed by atoms with Crippen LogP contribution in [-0.4, -0.2) is 29.8 Å². The molecule has 7 heteroatoms. The lowest BCUT2D eigenvalue weighted by molar-refractivity contribution is -0.140. The number of nitrogens with one attached hydrogen (secondary N) is 1. The van der Waals surface area contributed by atoms with Crippen LogP contribution in [0.25, 0.3) is 0 Å². The van der Waals surface area contributed by atoms with E-state index < -0.39 is 35.5 Å². The third-order valence-electron chi connectivity index (χ3n) is 3.29. The quantitative estimate of drug-likeness (QED) is 0.829. The van der Waals surface area contributed by atoms with Crippen LogP contribution in [0, 0.1) is 5.41 Å². The monoisotopic (exact) mass is 347 g/mol. The molecule has 136 valence electrons. The van der Waals surface area contributed by atoms with Gasteiger partial charge in [0.1, 0.15) is 5.75 Å². The maximum atomic E-state index is 12.9. The number of para-hydroxylation sites is 1. The van der Waals surface area contributed by atoms with Gasteiger partial charge in [0.05, 0.1) is 18.2 Å². The van der Waals surface area contributed by atoms with Gasteiger partial charge in [-0.1, -0.05) is 32.9 Å². The van der Waals surface area contributed by atoms with Gasteiger partial charge < -0.3 is 15.2 Å². The van der Waals surface area contributed by atoms with Crippen molar-refractivity contribution < 1.29 is 27.8 Å². The summed E-state index contributed by atoms with van der Waals surface area (Å²) in [4.78, 5) is 12.1. The number of hydrogen-bond donors (Lipinski definition) is 2. The van der Waals surface area contributed by atoms with Gasteiger partial charge >= 0.3 is 6.18 Å². The number of aliphatic hydroxyl groups is 1. The van der Waals surface area contributed by atoms with Gasteiger partial charge in [0.15, 0.2) is 6.10 Å². The first-order valence-electron chi connectivity index (χ1n) is 7.68. The summed E-state index contributed by atoms with van der Waals surface area (Å²) in [6.07, 6.45) is -5.16. The zero-order chi connectivity index (χ0) is 18.5. The standard InChI is InChI=1S/C17H24F3NO3/c1-11(15(23)21-12(10-22)9-16(2,3)4)24-14-8-6-5-7-13(14)17(18,19)20/h5-8,11-12,22H,9-10H2,1-4H3,(H,21,23)/t11-,12+/m0/s1. The van der Waals surface area contributed by atoms with Gasteiger partial charge in [-0.3, -0.25) is 4.79 Å². The Labute approximate surface area is 140 Å². The lowest BCUT2D eigenvalue weighted by atomic mass is 9.88. The topological polar surface area (TPSA) is 58.6 Å². The number of benzene rings is 1. The molecule has 0 heterocycles. The number of alkyl halides is 3. The first-order valence-corrected chi connectivity index (χ1v) is 7.68. The van der Waals surface area contributed by atoms with E-state index in [-0.39, 0.29) is 12.0 Å². The summed E-state index contributed by atoms with van der Waals surface area (Å²) in [6.45, 7) is 6.99. The molecule has 0 fully saturated rings. The predicted octanol–water partition coefficient (Wildman–Crippen LogP) is 3.39. The summed E-state index contributed by atoms with van der Waals surface area (Å²) in [5.41, 5.74) is -1.05. The molecule has 4 nitrogen and oxygen atoms in total. The fourth-order valence-corrected chi connectivity index (χ4v) is 2.27. The first-order chi connectivity index (χ1) is 10.9. The molecule has 0 unspecified atom stereocenters. The van der Waals surface area contributed by atoms with Crippen LogP contribution >= 0.6 is 0 Å². The molecule has 1 aromatic rings. The van der Waals surface area contributed by atoms with Crippen LogP contribution in [-0.2, 0) is 11.0 Å². The SMILES string of the molecule is C[C@H](Oc1ccccc1C(F)(F)F)C(=O)N[C@@H](CO)CC(C)(C)C. The van der Waals surface area contributed by atoms with Crippen molar-refractivity contribution in [3.63, 3.8) is 0 Å². The first kappa shape index (κ1) is 20.3. The molecule has 1 aromatic carbocycles. The highest BCUT2D eigenvalue weighted by molar-refractivity contribution is 5.81. The smallest absolute Gasteiger partial charge is 0.419 e. The maximum Gasteiger partial charge on any atom is 0.419 e. The number of halogens is 3. The van der Waals surface area contributed by atoms with Crippen LogP contribution in [0.15, 0.2) is 24.3 Å². The third-order valence-corrected chi connectivity index (χ3v) is 3.29. The predicted molar refractivity (Wildman–Crippen MR) is 84.6 cm³/mol. The number of hydrogen-bond acceptors (Lipinski definition) is 3. The van der Waals surface area contributed by atoms with Gasteiger partial charge in [-0.2, -0.15) is 13.2 Å². The normalized spacial score (nSPS) is 14.8. The number of amides is 1. The summed E-state index contributed by atoms with van der Waals surface area (Å²) < 4.78 is 44.0. The van der Waals surface area contributed by atoms with Gasteiger partial charge in [-0.15, -0.1) is 0 Å². The average Bonchev–Trinajstić information content (AvgIpc) is 2.44. The Bertz CT molecular complexity index is 553. The largest absolute Gasteiger partial charge is 0.480 e. The van der Waals surface area contributed by atoms with Gasteiger partial charge in [0.2, 0.25) is 0 Å². The lowest BCUT2D eigenvalue weighted by Gasteiger charge is -2.27. The molecule has 24 heavy (non-hydrogen) atoms. The van der Waals surface area contributed by atoms with Crippen LogP contribution in [0.4, 0.5) is 13.2 Å². The van der Waals surface area contributed by atoms with E-state index in [0.29, 0.717) is 6.42 Å². The highest BCUT2D eigenvalue weighted by Gasteiger charge is 2.35. The van der Waals surface area contributed by atoms with Crippen LogP contribution < -0.4 is 10.1 Å². The van der Waals surface area contributed by atoms with Gasteiger partial charge in [-0.05, 0) is 30.9 Å². The Morgan fingerprint density at radius 3 is 2.33 bits per heavy atom. The van der Waals surface area contributed by atoms with Gasteiger partial charge in [0, 0.05) is 0 Å². The number of ether oxygens (including phenoxy) is 1. The fraction of sp³-hybridized carbons (Fsp3) is 0.588. The third kappa shape index (κ3) is 6.39. The molecule has 1 rings (SSSR count). The second-order valence-corrected chi connectivity index (χ2v) is 6.91. The maximum absolute atomic E-state index is 12.9. The molecule has 0 saturated carbocycles. The number of carbonyl (C=O) groups excluding carboxylic acids is 1. The minimum absolute atomic E-state index is 0.117. The van der Waals surface area contributed by atoms with E-state index in [2.05, 4.69) is 5.32 Å². The van der Waals surface area contributed by atoms with Crippen molar-refractivity contribution in [2.75, 3.05) is 6.61 Å². The van der Waals surface area contributed by atoms with Crippen molar-refractivity contribution in [2.24, 2.45) is 5.41 Å². The van der Waals surface area contributed by atoms with Gasteiger partial charge in [-0.25, -0.2) is 0 Å². The second-order valence-electron chi connectivity index (χ2n) is 6.91. The average molecular weight is 347 g/mol. The summed E-state index contributed by atoms with van der Waals surface area (Å²) in [5, 5.41) is 12.0. The summed E-state index contributed by atoms with van der Waals surface area (Å²) >= 11 is 0. The molecular formula is C17H24F3NO3. The molecule has 0 aliphatic heterocycles. The summed E-state index contributed by atoms with van der Waals surface area (Å²) in [5.74, 6) is -0.973. The molecule has 2 N–H and O–H groups in total. The van der Waals surface area contributed by atoms with E-state index in [1.165, 1.54) is 25.1 Å². The van der Waals surface area contributed by atoms with Crippen LogP contribution in [0.3, 0.4) is 0 Å². The van der Waals surface area contributed by atoms with E-state index in [4.69, 9.17) is 4.74 Å². The van der Waals surface area contributed by atoms with E-state index in [1.54, 1.807) is 0 Å². The zero-order valence-corrected chi connectivity index (χ0v) is 14.3. The van der Waals surface area contributed by atoms with Crippen molar-refractivity contribution in [3.05, 3.63) is 29.8 Å². The Morgan fingerprint density at radius 1 is 1.25 bits per heavy atom.